The lowest BCUT2D eigenvalue weighted by atomic mass is 10.0. The Labute approximate surface area is 201 Å². The van der Waals surface area contributed by atoms with Gasteiger partial charge in [0.05, 0.1) is 18.7 Å². The second kappa shape index (κ2) is 9.14. The number of hydrogen-bond donors (Lipinski definition) is 0. The summed E-state index contributed by atoms with van der Waals surface area (Å²) in [5, 5.41) is 1.04. The number of morpholine rings is 1. The lowest BCUT2D eigenvalue weighted by Gasteiger charge is -2.27. The molecule has 3 heterocycles. The molecule has 0 unspecified atom stereocenters. The molecule has 5 nitrogen and oxygen atoms in total. The van der Waals surface area contributed by atoms with E-state index in [9.17, 15) is 4.79 Å². The van der Waals surface area contributed by atoms with Crippen LogP contribution in [-0.4, -0.2) is 47.3 Å². The van der Waals surface area contributed by atoms with Crippen LogP contribution < -0.4 is 5.56 Å². The van der Waals surface area contributed by atoms with Crippen molar-refractivity contribution in [3.05, 3.63) is 89.2 Å². The maximum absolute atomic E-state index is 13.7. The lowest BCUT2D eigenvalue weighted by Crippen LogP contribution is -2.39. The van der Waals surface area contributed by atoms with Gasteiger partial charge in [0.2, 0.25) is 0 Å². The van der Waals surface area contributed by atoms with Gasteiger partial charge in [-0.1, -0.05) is 72.8 Å². The minimum atomic E-state index is 0.0431. The number of benzene rings is 3. The van der Waals surface area contributed by atoms with Crippen LogP contribution in [0.3, 0.4) is 0 Å². The molecule has 5 aromatic rings. The van der Waals surface area contributed by atoms with Gasteiger partial charge < -0.3 is 4.74 Å². The molecular formula is C28H25N3O2S. The summed E-state index contributed by atoms with van der Waals surface area (Å²) in [6.45, 7) is 4.69. The molecule has 0 radical (unpaired) electrons. The van der Waals surface area contributed by atoms with Gasteiger partial charge in [0.1, 0.15) is 10.5 Å². The van der Waals surface area contributed by atoms with E-state index in [2.05, 4.69) is 53.4 Å². The van der Waals surface area contributed by atoms with E-state index < -0.39 is 0 Å². The highest BCUT2D eigenvalue weighted by Gasteiger charge is 2.18. The maximum Gasteiger partial charge on any atom is 0.271 e. The zero-order chi connectivity index (χ0) is 22.9. The van der Waals surface area contributed by atoms with Crippen molar-refractivity contribution in [2.24, 2.45) is 0 Å². The highest BCUT2D eigenvalue weighted by Crippen LogP contribution is 2.32. The van der Waals surface area contributed by atoms with Gasteiger partial charge >= 0.3 is 0 Å². The fraction of sp³-hybridized carbons (Fsp3) is 0.214. The molecule has 6 rings (SSSR count). The summed E-state index contributed by atoms with van der Waals surface area (Å²) in [5.74, 6) is 0.730. The maximum atomic E-state index is 13.7. The molecule has 0 saturated carbocycles. The first-order chi connectivity index (χ1) is 16.8. The Balaban J connectivity index is 1.46. The average Bonchev–Trinajstić information content (AvgIpc) is 3.28. The third kappa shape index (κ3) is 3.94. The number of ether oxygens (including phenoxy) is 1. The van der Waals surface area contributed by atoms with Gasteiger partial charge in [-0.2, -0.15) is 0 Å². The Hall–Kier alpha value is -3.32. The van der Waals surface area contributed by atoms with Gasteiger partial charge in [0.25, 0.3) is 5.56 Å². The summed E-state index contributed by atoms with van der Waals surface area (Å²) in [6.07, 6.45) is 0. The molecule has 0 bridgehead atoms. The zero-order valence-corrected chi connectivity index (χ0v) is 19.6. The van der Waals surface area contributed by atoms with E-state index in [0.29, 0.717) is 6.54 Å². The molecule has 0 N–H and O–H groups in total. The number of rotatable bonds is 5. The Bertz CT molecular complexity index is 1500. The van der Waals surface area contributed by atoms with Crippen molar-refractivity contribution in [2.75, 3.05) is 32.8 Å². The monoisotopic (exact) mass is 467 g/mol. The third-order valence-electron chi connectivity index (χ3n) is 6.48. The van der Waals surface area contributed by atoms with E-state index in [1.54, 1.807) is 0 Å². The van der Waals surface area contributed by atoms with Gasteiger partial charge in [-0.3, -0.25) is 14.3 Å². The van der Waals surface area contributed by atoms with Crippen molar-refractivity contribution in [2.45, 2.75) is 6.54 Å². The van der Waals surface area contributed by atoms with E-state index in [-0.39, 0.29) is 5.56 Å². The highest BCUT2D eigenvalue weighted by molar-refractivity contribution is 7.25. The van der Waals surface area contributed by atoms with Crippen LogP contribution in [-0.2, 0) is 11.3 Å². The van der Waals surface area contributed by atoms with E-state index in [4.69, 9.17) is 9.72 Å². The van der Waals surface area contributed by atoms with Gasteiger partial charge in [-0.15, -0.1) is 11.3 Å². The third-order valence-corrected chi connectivity index (χ3v) is 7.62. The Morgan fingerprint density at radius 1 is 0.794 bits per heavy atom. The predicted molar refractivity (Wildman–Crippen MR) is 140 cm³/mol. The molecule has 3 aromatic carbocycles. The summed E-state index contributed by atoms with van der Waals surface area (Å²) in [7, 11) is 0. The smallest absolute Gasteiger partial charge is 0.271 e. The van der Waals surface area contributed by atoms with E-state index in [1.165, 1.54) is 16.9 Å². The summed E-state index contributed by atoms with van der Waals surface area (Å²) < 4.78 is 9.18. The fourth-order valence-corrected chi connectivity index (χ4v) is 5.70. The van der Waals surface area contributed by atoms with Crippen molar-refractivity contribution < 1.29 is 4.74 Å². The van der Waals surface area contributed by atoms with Crippen LogP contribution in [0.25, 0.3) is 42.8 Å². The van der Waals surface area contributed by atoms with Gasteiger partial charge in [-0.05, 0) is 17.2 Å². The molecule has 170 valence electrons. The predicted octanol–water partition coefficient (Wildman–Crippen LogP) is 5.28. The summed E-state index contributed by atoms with van der Waals surface area (Å²) in [4.78, 5) is 21.2. The van der Waals surface area contributed by atoms with Crippen LogP contribution in [0.15, 0.2) is 83.7 Å². The molecule has 34 heavy (non-hydrogen) atoms. The van der Waals surface area contributed by atoms with Crippen LogP contribution in [0.5, 0.6) is 0 Å². The van der Waals surface area contributed by atoms with Crippen molar-refractivity contribution in [3.8, 4) is 22.5 Å². The topological polar surface area (TPSA) is 47.4 Å². The molecular weight excluding hydrogens is 442 g/mol. The largest absolute Gasteiger partial charge is 0.379 e. The van der Waals surface area contributed by atoms with Crippen molar-refractivity contribution >= 4 is 31.6 Å². The Kier molecular flexibility index (Phi) is 5.71. The van der Waals surface area contributed by atoms with Gasteiger partial charge in [0, 0.05) is 41.8 Å². The van der Waals surface area contributed by atoms with Crippen LogP contribution >= 0.6 is 11.3 Å². The van der Waals surface area contributed by atoms with E-state index in [0.717, 1.165) is 70.1 Å². The van der Waals surface area contributed by atoms with Crippen molar-refractivity contribution in [3.63, 3.8) is 0 Å². The van der Waals surface area contributed by atoms with E-state index in [1.807, 2.05) is 34.9 Å². The van der Waals surface area contributed by atoms with Crippen LogP contribution in [0, 0.1) is 0 Å². The minimum Gasteiger partial charge on any atom is -0.379 e. The summed E-state index contributed by atoms with van der Waals surface area (Å²) >= 11 is 1.54. The SMILES string of the molecule is O=c1c2sc3ccccc3c2nc(-c2ccc(-c3ccccc3)cc2)n1CCN1CCOCC1. The molecule has 1 aliphatic rings. The second-order valence-corrected chi connectivity index (χ2v) is 9.62. The quantitative estimate of drug-likeness (QED) is 0.353. The normalized spacial score (nSPS) is 14.7. The van der Waals surface area contributed by atoms with Crippen LogP contribution in [0.1, 0.15) is 0 Å². The molecule has 0 spiro atoms. The molecule has 1 aliphatic heterocycles. The Morgan fingerprint density at radius 3 is 2.26 bits per heavy atom. The standard InChI is InChI=1S/C28H25N3O2S/c32-28-26-25(23-8-4-5-9-24(23)34-26)29-27(31(28)15-14-30-16-18-33-19-17-30)22-12-10-21(11-13-22)20-6-2-1-3-7-20/h1-13H,14-19H2. The molecule has 1 fully saturated rings. The fourth-order valence-electron chi connectivity index (χ4n) is 4.61. The summed E-state index contributed by atoms with van der Waals surface area (Å²) in [6, 6.07) is 26.8. The first-order valence-corrected chi connectivity index (χ1v) is 12.5. The number of aromatic nitrogens is 2. The van der Waals surface area contributed by atoms with Crippen LogP contribution in [0.4, 0.5) is 0 Å². The molecule has 0 atom stereocenters. The first kappa shape index (κ1) is 21.2. The summed E-state index contributed by atoms with van der Waals surface area (Å²) in [5.41, 5.74) is 4.12. The average molecular weight is 468 g/mol. The molecule has 1 saturated heterocycles. The zero-order valence-electron chi connectivity index (χ0n) is 18.8. The molecule has 2 aromatic heterocycles. The van der Waals surface area contributed by atoms with Crippen LogP contribution in [0.2, 0.25) is 0 Å². The number of nitrogens with zero attached hydrogens (tertiary/aromatic N) is 3. The molecule has 6 heteroatoms. The lowest BCUT2D eigenvalue weighted by molar-refractivity contribution is 0.0363. The van der Waals surface area contributed by atoms with E-state index >= 15 is 0 Å². The highest BCUT2D eigenvalue weighted by atomic mass is 32.1. The number of fused-ring (bicyclic) bond motifs is 3. The molecule has 0 aliphatic carbocycles. The molecule has 0 amide bonds. The number of hydrogen-bond acceptors (Lipinski definition) is 5. The van der Waals surface area contributed by atoms with Crippen molar-refractivity contribution in [1.29, 1.82) is 0 Å². The minimum absolute atomic E-state index is 0.0431. The van der Waals surface area contributed by atoms with Gasteiger partial charge in [0.15, 0.2) is 0 Å². The second-order valence-electron chi connectivity index (χ2n) is 8.57. The van der Waals surface area contributed by atoms with Crippen molar-refractivity contribution in [1.82, 2.24) is 14.5 Å². The Morgan fingerprint density at radius 2 is 1.47 bits per heavy atom. The first-order valence-electron chi connectivity index (χ1n) is 11.7. The van der Waals surface area contributed by atoms with Gasteiger partial charge in [-0.25, -0.2) is 4.98 Å². The number of thiophene rings is 1.